The van der Waals surface area contributed by atoms with Crippen molar-refractivity contribution in [2.75, 3.05) is 14.2 Å². The third-order valence-corrected chi connectivity index (χ3v) is 3.34. The third kappa shape index (κ3) is 7.47. The monoisotopic (exact) mass is 372 g/mol. The lowest BCUT2D eigenvalue weighted by Gasteiger charge is -1.97. The van der Waals surface area contributed by atoms with Gasteiger partial charge < -0.3 is 9.47 Å². The van der Waals surface area contributed by atoms with Crippen LogP contribution in [0.15, 0.2) is 71.8 Å². The fourth-order valence-corrected chi connectivity index (χ4v) is 1.97. The highest BCUT2D eigenvalue weighted by molar-refractivity contribution is 5.98. The highest BCUT2D eigenvalue weighted by Gasteiger charge is 2.06. The van der Waals surface area contributed by atoms with Crippen LogP contribution >= 0.6 is 0 Å². The normalized spacial score (nSPS) is 10.4. The zero-order valence-corrected chi connectivity index (χ0v) is 15.7. The predicted octanol–water partition coefficient (Wildman–Crippen LogP) is 3.75. The SMILES string of the molecule is C#C/C(=C\c1ccccc1)C(=O)OC.C#C/C(=C\c1ccccc1)C(=O)OC. The number of carbonyl (C=O) groups is 2. The molecule has 28 heavy (non-hydrogen) atoms. The summed E-state index contributed by atoms with van der Waals surface area (Å²) in [6.45, 7) is 0. The first-order chi connectivity index (χ1) is 13.5. The Labute approximate surface area is 165 Å². The summed E-state index contributed by atoms with van der Waals surface area (Å²) >= 11 is 0. The van der Waals surface area contributed by atoms with Crippen molar-refractivity contribution in [2.24, 2.45) is 0 Å². The molecule has 0 N–H and O–H groups in total. The minimum atomic E-state index is -0.489. The van der Waals surface area contributed by atoms with Crippen molar-refractivity contribution in [1.29, 1.82) is 0 Å². The summed E-state index contributed by atoms with van der Waals surface area (Å²) in [4.78, 5) is 22.2. The van der Waals surface area contributed by atoms with Gasteiger partial charge in [0, 0.05) is 0 Å². The van der Waals surface area contributed by atoms with E-state index in [0.717, 1.165) is 11.1 Å². The second kappa shape index (κ2) is 12.4. The molecule has 0 atom stereocenters. The number of hydrogen-bond donors (Lipinski definition) is 0. The summed E-state index contributed by atoms with van der Waals surface area (Å²) in [5.41, 5.74) is 2.20. The molecule has 4 heteroatoms. The Morgan fingerprint density at radius 1 is 0.714 bits per heavy atom. The summed E-state index contributed by atoms with van der Waals surface area (Å²) in [5.74, 6) is 3.60. The van der Waals surface area contributed by atoms with Crippen LogP contribution in [0.2, 0.25) is 0 Å². The van der Waals surface area contributed by atoms with Gasteiger partial charge in [0.05, 0.1) is 14.2 Å². The first-order valence-electron chi connectivity index (χ1n) is 8.19. The molecule has 0 bridgehead atoms. The third-order valence-electron chi connectivity index (χ3n) is 3.34. The first-order valence-corrected chi connectivity index (χ1v) is 8.19. The van der Waals surface area contributed by atoms with Gasteiger partial charge in [-0.1, -0.05) is 72.5 Å². The van der Waals surface area contributed by atoms with Crippen LogP contribution in [-0.4, -0.2) is 26.2 Å². The number of esters is 2. The molecule has 2 aromatic carbocycles. The largest absolute Gasteiger partial charge is 0.465 e. The fourth-order valence-electron chi connectivity index (χ4n) is 1.97. The van der Waals surface area contributed by atoms with E-state index in [1.54, 1.807) is 12.2 Å². The second-order valence-electron chi connectivity index (χ2n) is 5.21. The molecular formula is C24H20O4. The number of methoxy groups -OCH3 is 2. The molecule has 0 amide bonds. The highest BCUT2D eigenvalue weighted by atomic mass is 16.5. The topological polar surface area (TPSA) is 52.6 Å². The maximum Gasteiger partial charge on any atom is 0.346 e. The van der Waals surface area contributed by atoms with Gasteiger partial charge >= 0.3 is 11.9 Å². The van der Waals surface area contributed by atoms with E-state index in [1.165, 1.54) is 14.2 Å². The van der Waals surface area contributed by atoms with Crippen molar-refractivity contribution in [3.63, 3.8) is 0 Å². The van der Waals surface area contributed by atoms with E-state index in [0.29, 0.717) is 0 Å². The molecule has 2 rings (SSSR count). The van der Waals surface area contributed by atoms with Crippen molar-refractivity contribution < 1.29 is 19.1 Å². The van der Waals surface area contributed by atoms with E-state index in [9.17, 15) is 9.59 Å². The molecule has 0 saturated heterocycles. The molecule has 0 aliphatic carbocycles. The Balaban J connectivity index is 0.000000280. The van der Waals surface area contributed by atoms with Gasteiger partial charge in [-0.2, -0.15) is 0 Å². The molecule has 2 aromatic rings. The van der Waals surface area contributed by atoms with E-state index in [-0.39, 0.29) is 11.1 Å². The van der Waals surface area contributed by atoms with Gasteiger partial charge in [0.15, 0.2) is 0 Å². The molecule has 0 fully saturated rings. The van der Waals surface area contributed by atoms with E-state index in [4.69, 9.17) is 12.8 Å². The second-order valence-corrected chi connectivity index (χ2v) is 5.21. The van der Waals surface area contributed by atoms with Crippen molar-refractivity contribution in [1.82, 2.24) is 0 Å². The number of hydrogen-bond acceptors (Lipinski definition) is 4. The van der Waals surface area contributed by atoms with Crippen LogP contribution < -0.4 is 0 Å². The Kier molecular flexibility index (Phi) is 9.71. The summed E-state index contributed by atoms with van der Waals surface area (Å²) in [6, 6.07) is 18.7. The van der Waals surface area contributed by atoms with Crippen LogP contribution in [0.1, 0.15) is 11.1 Å². The molecule has 140 valence electrons. The number of carbonyl (C=O) groups excluding carboxylic acids is 2. The van der Waals surface area contributed by atoms with E-state index < -0.39 is 11.9 Å². The predicted molar refractivity (Wildman–Crippen MR) is 111 cm³/mol. The quantitative estimate of drug-likeness (QED) is 0.466. The molecule has 0 spiro atoms. The summed E-state index contributed by atoms with van der Waals surface area (Å²) in [7, 11) is 2.61. The van der Waals surface area contributed by atoms with Crippen molar-refractivity contribution in [2.45, 2.75) is 0 Å². The molecular weight excluding hydrogens is 352 g/mol. The Bertz CT molecular complexity index is 845. The van der Waals surface area contributed by atoms with Crippen LogP contribution in [-0.2, 0) is 19.1 Å². The molecule has 0 aliphatic heterocycles. The molecule has 0 heterocycles. The zero-order valence-electron chi connectivity index (χ0n) is 15.7. The van der Waals surface area contributed by atoms with Gasteiger partial charge in [0.2, 0.25) is 0 Å². The van der Waals surface area contributed by atoms with Gasteiger partial charge in [0.25, 0.3) is 0 Å². The fraction of sp³-hybridized carbons (Fsp3) is 0.0833. The highest BCUT2D eigenvalue weighted by Crippen LogP contribution is 2.07. The standard InChI is InChI=1S/2C12H10O2/c2*1-3-11(12(13)14-2)9-10-7-5-4-6-8-10/h2*1,4-9H,2H3/b2*11-9+. The van der Waals surface area contributed by atoms with Crippen LogP contribution in [0.3, 0.4) is 0 Å². The molecule has 0 unspecified atom stereocenters. The molecule has 0 aromatic heterocycles. The van der Waals surface area contributed by atoms with Crippen LogP contribution in [0, 0.1) is 24.7 Å². The molecule has 0 radical (unpaired) electrons. The smallest absolute Gasteiger partial charge is 0.346 e. The molecule has 0 aliphatic rings. The van der Waals surface area contributed by atoms with Gasteiger partial charge in [0.1, 0.15) is 11.1 Å². The van der Waals surface area contributed by atoms with Crippen LogP contribution in [0.4, 0.5) is 0 Å². The van der Waals surface area contributed by atoms with E-state index in [1.807, 2.05) is 60.7 Å². The minimum absolute atomic E-state index is 0.221. The van der Waals surface area contributed by atoms with Crippen molar-refractivity contribution in [3.05, 3.63) is 82.9 Å². The van der Waals surface area contributed by atoms with Gasteiger partial charge in [-0.3, -0.25) is 0 Å². The van der Waals surface area contributed by atoms with Gasteiger partial charge in [-0.25, -0.2) is 9.59 Å². The summed E-state index contributed by atoms with van der Waals surface area (Å²) in [6.07, 6.45) is 13.6. The Morgan fingerprint density at radius 2 is 1.04 bits per heavy atom. The number of rotatable bonds is 4. The average molecular weight is 372 g/mol. The van der Waals surface area contributed by atoms with Crippen LogP contribution in [0.5, 0.6) is 0 Å². The molecule has 0 saturated carbocycles. The van der Waals surface area contributed by atoms with Gasteiger partial charge in [-0.05, 0) is 23.3 Å². The lowest BCUT2D eigenvalue weighted by Crippen LogP contribution is -2.02. The van der Waals surface area contributed by atoms with E-state index in [2.05, 4.69) is 21.3 Å². The average Bonchev–Trinajstić information content (AvgIpc) is 2.76. The number of ether oxygens (including phenoxy) is 2. The summed E-state index contributed by atoms with van der Waals surface area (Å²) in [5, 5.41) is 0. The lowest BCUT2D eigenvalue weighted by molar-refractivity contribution is -0.136. The molecule has 4 nitrogen and oxygen atoms in total. The van der Waals surface area contributed by atoms with E-state index >= 15 is 0 Å². The number of benzene rings is 2. The first kappa shape index (κ1) is 22.0. The van der Waals surface area contributed by atoms with Crippen LogP contribution in [0.25, 0.3) is 12.2 Å². The Hall–Kier alpha value is -4.02. The minimum Gasteiger partial charge on any atom is -0.465 e. The lowest BCUT2D eigenvalue weighted by atomic mass is 10.1. The number of terminal acetylenes is 2. The zero-order chi connectivity index (χ0) is 20.8. The van der Waals surface area contributed by atoms with Gasteiger partial charge in [-0.15, -0.1) is 12.8 Å². The maximum atomic E-state index is 11.1. The maximum absolute atomic E-state index is 11.1. The summed E-state index contributed by atoms with van der Waals surface area (Å²) < 4.78 is 9.05. The van der Waals surface area contributed by atoms with Crippen molar-refractivity contribution >= 4 is 24.1 Å². The van der Waals surface area contributed by atoms with Crippen molar-refractivity contribution in [3.8, 4) is 24.7 Å². The Morgan fingerprint density at radius 3 is 1.29 bits per heavy atom.